The van der Waals surface area contributed by atoms with E-state index < -0.39 is 0 Å². The van der Waals surface area contributed by atoms with Gasteiger partial charge in [-0.25, -0.2) is 9.98 Å². The summed E-state index contributed by atoms with van der Waals surface area (Å²) in [5.74, 6) is 2.31. The monoisotopic (exact) mass is 449 g/mol. The second kappa shape index (κ2) is 10.5. The van der Waals surface area contributed by atoms with Crippen molar-refractivity contribution in [2.75, 3.05) is 26.2 Å². The summed E-state index contributed by atoms with van der Waals surface area (Å²) in [5, 5.41) is 6.35. The number of nitrogens with one attached hydrogen (secondary N) is 2. The lowest BCUT2D eigenvalue weighted by atomic mass is 10.3. The Balaban J connectivity index is 0.00000288. The van der Waals surface area contributed by atoms with Crippen LogP contribution in [0.5, 0.6) is 0 Å². The maximum Gasteiger partial charge on any atom is 0.224 e. The molecule has 24 heavy (non-hydrogen) atoms. The summed E-state index contributed by atoms with van der Waals surface area (Å²) in [6.45, 7) is 9.32. The van der Waals surface area contributed by atoms with Crippen molar-refractivity contribution in [3.63, 3.8) is 0 Å². The number of carbonyl (C=O) groups is 1. The molecule has 2 heterocycles. The van der Waals surface area contributed by atoms with Gasteiger partial charge in [-0.1, -0.05) is 0 Å². The third-order valence-corrected chi connectivity index (χ3v) is 3.88. The van der Waals surface area contributed by atoms with E-state index in [1.54, 1.807) is 0 Å². The first kappa shape index (κ1) is 20.7. The standard InChI is InChI=1S/C16H27N5O2.HI/c1-4-17-16(19-11-14-20-12(2)13(3)23-14)18-8-7-15(22)21-9-5-6-10-21;/h4-11H2,1-3H3,(H2,17,18,19);1H. The molecule has 1 aliphatic heterocycles. The molecule has 1 fully saturated rings. The normalized spacial score (nSPS) is 14.5. The first-order chi connectivity index (χ1) is 11.1. The van der Waals surface area contributed by atoms with Crippen molar-refractivity contribution in [3.05, 3.63) is 17.3 Å². The summed E-state index contributed by atoms with van der Waals surface area (Å²) in [5.41, 5.74) is 0.893. The first-order valence-electron chi connectivity index (χ1n) is 8.33. The van der Waals surface area contributed by atoms with Gasteiger partial charge in [0.15, 0.2) is 5.96 Å². The van der Waals surface area contributed by atoms with Crippen LogP contribution in [-0.4, -0.2) is 47.9 Å². The maximum absolute atomic E-state index is 12.0. The van der Waals surface area contributed by atoms with Crippen molar-refractivity contribution in [2.24, 2.45) is 4.99 Å². The topological polar surface area (TPSA) is 82.8 Å². The zero-order chi connectivity index (χ0) is 16.7. The number of halogens is 1. The molecule has 0 aromatic carbocycles. The number of likely N-dealkylation sites (tertiary alicyclic amines) is 1. The van der Waals surface area contributed by atoms with Crippen LogP contribution in [0.2, 0.25) is 0 Å². The van der Waals surface area contributed by atoms with Crippen LogP contribution in [-0.2, 0) is 11.3 Å². The van der Waals surface area contributed by atoms with Crippen LogP contribution in [0.4, 0.5) is 0 Å². The highest BCUT2D eigenvalue weighted by Gasteiger charge is 2.17. The van der Waals surface area contributed by atoms with Crippen molar-refractivity contribution >= 4 is 35.8 Å². The van der Waals surface area contributed by atoms with Crippen LogP contribution >= 0.6 is 24.0 Å². The van der Waals surface area contributed by atoms with E-state index in [4.69, 9.17) is 4.42 Å². The van der Waals surface area contributed by atoms with Crippen LogP contribution in [0.3, 0.4) is 0 Å². The molecule has 0 bridgehead atoms. The molecular formula is C16H28IN5O2. The zero-order valence-corrected chi connectivity index (χ0v) is 17.1. The summed E-state index contributed by atoms with van der Waals surface area (Å²) >= 11 is 0. The van der Waals surface area contributed by atoms with Gasteiger partial charge in [-0.05, 0) is 33.6 Å². The van der Waals surface area contributed by atoms with E-state index in [0.717, 1.165) is 43.9 Å². The lowest BCUT2D eigenvalue weighted by molar-refractivity contribution is -0.129. The Labute approximate surface area is 160 Å². The summed E-state index contributed by atoms with van der Waals surface area (Å²) in [4.78, 5) is 22.7. The fourth-order valence-electron chi connectivity index (χ4n) is 2.51. The fourth-order valence-corrected chi connectivity index (χ4v) is 2.51. The Hall–Kier alpha value is -1.32. The van der Waals surface area contributed by atoms with Crippen molar-refractivity contribution in [1.82, 2.24) is 20.5 Å². The van der Waals surface area contributed by atoms with Gasteiger partial charge in [-0.2, -0.15) is 0 Å². The molecule has 1 aliphatic rings. The highest BCUT2D eigenvalue weighted by molar-refractivity contribution is 14.0. The molecular weight excluding hydrogens is 421 g/mol. The van der Waals surface area contributed by atoms with Crippen LogP contribution in [0.25, 0.3) is 0 Å². The van der Waals surface area contributed by atoms with E-state index in [2.05, 4.69) is 20.6 Å². The molecule has 1 amide bonds. The number of guanidine groups is 1. The minimum Gasteiger partial charge on any atom is -0.444 e. The largest absolute Gasteiger partial charge is 0.444 e. The van der Waals surface area contributed by atoms with Gasteiger partial charge in [0.25, 0.3) is 0 Å². The van der Waals surface area contributed by atoms with Gasteiger partial charge in [-0.3, -0.25) is 4.79 Å². The number of nitrogens with zero attached hydrogens (tertiary/aromatic N) is 3. The molecule has 7 nitrogen and oxygen atoms in total. The van der Waals surface area contributed by atoms with Crippen LogP contribution in [0.15, 0.2) is 9.41 Å². The van der Waals surface area contributed by atoms with Gasteiger partial charge in [0.1, 0.15) is 12.3 Å². The first-order valence-corrected chi connectivity index (χ1v) is 8.33. The van der Waals surface area contributed by atoms with Crippen molar-refractivity contribution < 1.29 is 9.21 Å². The number of rotatable bonds is 6. The fraction of sp³-hybridized carbons (Fsp3) is 0.688. The predicted octanol–water partition coefficient (Wildman–Crippen LogP) is 1.98. The van der Waals surface area contributed by atoms with Gasteiger partial charge < -0.3 is 20.0 Å². The summed E-state index contributed by atoms with van der Waals surface area (Å²) in [6, 6.07) is 0. The van der Waals surface area contributed by atoms with Gasteiger partial charge in [0, 0.05) is 32.6 Å². The molecule has 0 spiro atoms. The minimum absolute atomic E-state index is 0. The third-order valence-electron chi connectivity index (χ3n) is 3.88. The average molecular weight is 449 g/mol. The van der Waals surface area contributed by atoms with E-state index in [-0.39, 0.29) is 29.9 Å². The number of oxazole rings is 1. The summed E-state index contributed by atoms with van der Waals surface area (Å²) < 4.78 is 5.52. The predicted molar refractivity (Wildman–Crippen MR) is 105 cm³/mol. The molecule has 0 unspecified atom stereocenters. The Bertz CT molecular complexity index is 533. The molecule has 0 radical (unpaired) electrons. The Morgan fingerprint density at radius 1 is 1.29 bits per heavy atom. The van der Waals surface area contributed by atoms with E-state index >= 15 is 0 Å². The molecule has 1 saturated heterocycles. The molecule has 2 N–H and O–H groups in total. The van der Waals surface area contributed by atoms with E-state index in [9.17, 15) is 4.79 Å². The van der Waals surface area contributed by atoms with E-state index in [0.29, 0.717) is 31.4 Å². The van der Waals surface area contributed by atoms with Crippen LogP contribution < -0.4 is 10.6 Å². The molecule has 2 rings (SSSR count). The number of aromatic nitrogens is 1. The molecule has 0 saturated carbocycles. The number of aryl methyl sites for hydroxylation is 2. The van der Waals surface area contributed by atoms with Crippen LogP contribution in [0.1, 0.15) is 43.5 Å². The molecule has 0 aliphatic carbocycles. The third kappa shape index (κ3) is 6.29. The van der Waals surface area contributed by atoms with E-state index in [1.807, 2.05) is 25.7 Å². The van der Waals surface area contributed by atoms with Gasteiger partial charge >= 0.3 is 0 Å². The number of aliphatic imine (C=N–C) groups is 1. The number of carbonyl (C=O) groups excluding carboxylic acids is 1. The number of amides is 1. The second-order valence-electron chi connectivity index (χ2n) is 5.71. The van der Waals surface area contributed by atoms with Crippen molar-refractivity contribution in [2.45, 2.75) is 46.6 Å². The van der Waals surface area contributed by atoms with Crippen molar-refractivity contribution in [1.29, 1.82) is 0 Å². The summed E-state index contributed by atoms with van der Waals surface area (Å²) in [7, 11) is 0. The lowest BCUT2D eigenvalue weighted by Gasteiger charge is -2.16. The number of hydrogen-bond acceptors (Lipinski definition) is 4. The Kier molecular flexibility index (Phi) is 9.09. The van der Waals surface area contributed by atoms with Gasteiger partial charge in [0.2, 0.25) is 11.8 Å². The zero-order valence-electron chi connectivity index (χ0n) is 14.7. The Morgan fingerprint density at radius 2 is 2.00 bits per heavy atom. The van der Waals surface area contributed by atoms with Gasteiger partial charge in [0.05, 0.1) is 5.69 Å². The summed E-state index contributed by atoms with van der Waals surface area (Å²) in [6.07, 6.45) is 2.73. The molecule has 1 aromatic heterocycles. The van der Waals surface area contributed by atoms with E-state index in [1.165, 1.54) is 0 Å². The minimum atomic E-state index is 0. The highest BCUT2D eigenvalue weighted by Crippen LogP contribution is 2.09. The molecule has 136 valence electrons. The van der Waals surface area contributed by atoms with Crippen LogP contribution in [0, 0.1) is 13.8 Å². The maximum atomic E-state index is 12.0. The molecule has 1 aromatic rings. The highest BCUT2D eigenvalue weighted by atomic mass is 127. The van der Waals surface area contributed by atoms with Gasteiger partial charge in [-0.15, -0.1) is 24.0 Å². The SMILES string of the molecule is CCNC(=NCc1nc(C)c(C)o1)NCCC(=O)N1CCCC1.I. The molecule has 8 heteroatoms. The molecule has 0 atom stereocenters. The Morgan fingerprint density at radius 3 is 2.58 bits per heavy atom. The lowest BCUT2D eigenvalue weighted by Crippen LogP contribution is -2.39. The quantitative estimate of drug-likeness (QED) is 0.394. The second-order valence-corrected chi connectivity index (χ2v) is 5.71. The number of hydrogen-bond donors (Lipinski definition) is 2. The smallest absolute Gasteiger partial charge is 0.224 e. The van der Waals surface area contributed by atoms with Crippen molar-refractivity contribution in [3.8, 4) is 0 Å². The average Bonchev–Trinajstić information content (AvgIpc) is 3.15.